The molecule has 0 unspecified atom stereocenters. The standard InChI is InChI=1S/C17H26N2O4S/c1-16(2)12-17(16,13-6-8-14(23-5)9-7-13)15(20)18-10-11-24(21,22)19(3)4/h6-9H,10-12H2,1-5H3,(H,18,20)/t17-/m1/s1. The minimum absolute atomic E-state index is 0.104. The largest absolute Gasteiger partial charge is 0.497 e. The predicted octanol–water partition coefficient (Wildman–Crippen LogP) is 1.37. The van der Waals surface area contributed by atoms with E-state index in [1.807, 2.05) is 38.1 Å². The van der Waals surface area contributed by atoms with Gasteiger partial charge in [-0.25, -0.2) is 12.7 Å². The molecule has 1 aliphatic carbocycles. The van der Waals surface area contributed by atoms with Crippen LogP contribution in [0.25, 0.3) is 0 Å². The molecule has 1 aromatic carbocycles. The Hall–Kier alpha value is -1.60. The van der Waals surface area contributed by atoms with Crippen molar-refractivity contribution < 1.29 is 17.9 Å². The lowest BCUT2D eigenvalue weighted by molar-refractivity contribution is -0.124. The van der Waals surface area contributed by atoms with Crippen molar-refractivity contribution in [2.45, 2.75) is 25.7 Å². The maximum Gasteiger partial charge on any atom is 0.231 e. The number of ether oxygens (including phenoxy) is 1. The molecule has 6 nitrogen and oxygen atoms in total. The third-order valence-electron chi connectivity index (χ3n) is 4.91. The minimum atomic E-state index is -3.32. The molecule has 134 valence electrons. The summed E-state index contributed by atoms with van der Waals surface area (Å²) in [6.07, 6.45) is 0.735. The molecule has 0 saturated heterocycles. The molecule has 1 amide bonds. The lowest BCUT2D eigenvalue weighted by atomic mass is 9.87. The summed E-state index contributed by atoms with van der Waals surface area (Å²) >= 11 is 0. The van der Waals surface area contributed by atoms with Crippen LogP contribution in [0.2, 0.25) is 0 Å². The first-order chi connectivity index (χ1) is 11.1. The number of methoxy groups -OCH3 is 1. The summed E-state index contributed by atoms with van der Waals surface area (Å²) in [6, 6.07) is 7.50. The summed E-state index contributed by atoms with van der Waals surface area (Å²) in [6.45, 7) is 4.20. The van der Waals surface area contributed by atoms with Gasteiger partial charge in [-0.15, -0.1) is 0 Å². The normalized spacial score (nSPS) is 22.2. The number of benzene rings is 1. The summed E-state index contributed by atoms with van der Waals surface area (Å²) in [5, 5.41) is 2.80. The fourth-order valence-corrected chi connectivity index (χ4v) is 3.86. The molecular formula is C17H26N2O4S. The van der Waals surface area contributed by atoms with Crippen molar-refractivity contribution in [2.75, 3.05) is 33.5 Å². The van der Waals surface area contributed by atoms with Gasteiger partial charge in [-0.05, 0) is 29.5 Å². The molecule has 0 aromatic heterocycles. The average Bonchev–Trinajstić information content (AvgIpc) is 3.11. The summed E-state index contributed by atoms with van der Waals surface area (Å²) in [4.78, 5) is 12.8. The van der Waals surface area contributed by atoms with Gasteiger partial charge in [-0.3, -0.25) is 4.79 Å². The highest BCUT2D eigenvalue weighted by atomic mass is 32.2. The van der Waals surface area contributed by atoms with E-state index in [1.54, 1.807) is 7.11 Å². The topological polar surface area (TPSA) is 75.7 Å². The van der Waals surface area contributed by atoms with Crippen LogP contribution in [0, 0.1) is 5.41 Å². The van der Waals surface area contributed by atoms with Crippen LogP contribution < -0.4 is 10.1 Å². The van der Waals surface area contributed by atoms with Gasteiger partial charge in [0.2, 0.25) is 15.9 Å². The van der Waals surface area contributed by atoms with Gasteiger partial charge in [0.1, 0.15) is 5.75 Å². The van der Waals surface area contributed by atoms with Gasteiger partial charge < -0.3 is 10.1 Å². The maximum atomic E-state index is 12.8. The van der Waals surface area contributed by atoms with Crippen LogP contribution in [-0.4, -0.2) is 52.1 Å². The molecule has 0 spiro atoms. The van der Waals surface area contributed by atoms with Gasteiger partial charge in [0, 0.05) is 20.6 Å². The number of carbonyl (C=O) groups excluding carboxylic acids is 1. The number of hydrogen-bond donors (Lipinski definition) is 1. The van der Waals surface area contributed by atoms with Crippen molar-refractivity contribution >= 4 is 15.9 Å². The zero-order valence-corrected chi connectivity index (χ0v) is 15.7. The van der Waals surface area contributed by atoms with Crippen LogP contribution in [0.5, 0.6) is 5.75 Å². The Bertz CT molecular complexity index is 711. The number of carbonyl (C=O) groups is 1. The lowest BCUT2D eigenvalue weighted by Gasteiger charge is -2.21. The van der Waals surface area contributed by atoms with E-state index in [2.05, 4.69) is 5.32 Å². The van der Waals surface area contributed by atoms with Crippen LogP contribution in [0.4, 0.5) is 0 Å². The fraction of sp³-hybridized carbons (Fsp3) is 0.588. The predicted molar refractivity (Wildman–Crippen MR) is 93.6 cm³/mol. The van der Waals surface area contributed by atoms with E-state index in [4.69, 9.17) is 4.74 Å². The summed E-state index contributed by atoms with van der Waals surface area (Å²) in [7, 11) is 1.25. The SMILES string of the molecule is COc1ccc([C@@]2(C(=O)NCCS(=O)(=O)N(C)C)CC2(C)C)cc1. The Morgan fingerprint density at radius 3 is 2.21 bits per heavy atom. The molecule has 1 atom stereocenters. The Balaban J connectivity index is 2.12. The zero-order chi connectivity index (χ0) is 18.2. The molecular weight excluding hydrogens is 328 g/mol. The van der Waals surface area contributed by atoms with Crippen molar-refractivity contribution in [3.63, 3.8) is 0 Å². The van der Waals surface area contributed by atoms with Crippen molar-refractivity contribution in [3.8, 4) is 5.75 Å². The fourth-order valence-electron chi connectivity index (χ4n) is 3.13. The molecule has 0 heterocycles. The third-order valence-corrected chi connectivity index (χ3v) is 6.74. The molecule has 7 heteroatoms. The minimum Gasteiger partial charge on any atom is -0.497 e. The highest BCUT2D eigenvalue weighted by molar-refractivity contribution is 7.89. The molecule has 0 radical (unpaired) electrons. The Morgan fingerprint density at radius 1 is 1.25 bits per heavy atom. The number of amides is 1. The quantitative estimate of drug-likeness (QED) is 0.802. The molecule has 1 aliphatic rings. The molecule has 1 saturated carbocycles. The van der Waals surface area contributed by atoms with Gasteiger partial charge in [0.05, 0.1) is 18.3 Å². The Kier molecular flexibility index (Phi) is 4.97. The van der Waals surface area contributed by atoms with Crippen molar-refractivity contribution in [1.82, 2.24) is 9.62 Å². The van der Waals surface area contributed by atoms with Crippen LogP contribution in [0.1, 0.15) is 25.8 Å². The van der Waals surface area contributed by atoms with Gasteiger partial charge in [-0.1, -0.05) is 26.0 Å². The second kappa shape index (κ2) is 6.37. The first-order valence-corrected chi connectivity index (χ1v) is 9.51. The molecule has 1 aromatic rings. The number of sulfonamides is 1. The monoisotopic (exact) mass is 354 g/mol. The van der Waals surface area contributed by atoms with Crippen molar-refractivity contribution in [1.29, 1.82) is 0 Å². The van der Waals surface area contributed by atoms with Crippen molar-refractivity contribution in [2.24, 2.45) is 5.41 Å². The smallest absolute Gasteiger partial charge is 0.231 e. The summed E-state index contributed by atoms with van der Waals surface area (Å²) < 4.78 is 29.9. The van der Waals surface area contributed by atoms with E-state index in [0.29, 0.717) is 0 Å². The summed E-state index contributed by atoms with van der Waals surface area (Å²) in [5.74, 6) is 0.515. The molecule has 1 N–H and O–H groups in total. The number of nitrogens with zero attached hydrogens (tertiary/aromatic N) is 1. The van der Waals surface area contributed by atoms with E-state index in [1.165, 1.54) is 18.4 Å². The van der Waals surface area contributed by atoms with E-state index >= 15 is 0 Å². The van der Waals surface area contributed by atoms with E-state index in [-0.39, 0.29) is 23.6 Å². The zero-order valence-electron chi connectivity index (χ0n) is 14.9. The van der Waals surface area contributed by atoms with Crippen molar-refractivity contribution in [3.05, 3.63) is 29.8 Å². The first-order valence-electron chi connectivity index (χ1n) is 7.90. The number of rotatable bonds is 7. The highest BCUT2D eigenvalue weighted by Crippen LogP contribution is 2.64. The number of hydrogen-bond acceptors (Lipinski definition) is 4. The molecule has 24 heavy (non-hydrogen) atoms. The number of nitrogens with one attached hydrogen (secondary N) is 1. The van der Waals surface area contributed by atoms with E-state index < -0.39 is 15.4 Å². The van der Waals surface area contributed by atoms with E-state index in [0.717, 1.165) is 17.7 Å². The molecule has 1 fully saturated rings. The molecule has 0 bridgehead atoms. The van der Waals surface area contributed by atoms with Gasteiger partial charge >= 0.3 is 0 Å². The Labute approximate surface area is 144 Å². The second-order valence-electron chi connectivity index (χ2n) is 7.05. The lowest BCUT2D eigenvalue weighted by Crippen LogP contribution is -2.41. The maximum absolute atomic E-state index is 12.8. The van der Waals surface area contributed by atoms with Crippen LogP contribution >= 0.6 is 0 Å². The third kappa shape index (κ3) is 3.28. The van der Waals surface area contributed by atoms with Crippen LogP contribution in [0.3, 0.4) is 0 Å². The second-order valence-corrected chi connectivity index (χ2v) is 9.35. The molecule has 2 rings (SSSR count). The van der Waals surface area contributed by atoms with Crippen LogP contribution in [0.15, 0.2) is 24.3 Å². The Morgan fingerprint density at radius 2 is 1.79 bits per heavy atom. The van der Waals surface area contributed by atoms with Gasteiger partial charge in [0.15, 0.2) is 0 Å². The first kappa shape index (κ1) is 18.7. The highest BCUT2D eigenvalue weighted by Gasteiger charge is 2.66. The van der Waals surface area contributed by atoms with Gasteiger partial charge in [-0.2, -0.15) is 0 Å². The van der Waals surface area contributed by atoms with E-state index in [9.17, 15) is 13.2 Å². The average molecular weight is 354 g/mol. The van der Waals surface area contributed by atoms with Gasteiger partial charge in [0.25, 0.3) is 0 Å². The van der Waals surface area contributed by atoms with Crippen LogP contribution in [-0.2, 0) is 20.2 Å². The summed E-state index contributed by atoms with van der Waals surface area (Å²) in [5.41, 5.74) is 0.161. The molecule has 0 aliphatic heterocycles.